The molecule has 0 spiro atoms. The third-order valence-electron chi connectivity index (χ3n) is 5.26. The minimum absolute atomic E-state index is 0.0759. The summed E-state index contributed by atoms with van der Waals surface area (Å²) in [5.41, 5.74) is 2.36. The number of fused-ring (bicyclic) bond motifs is 3. The van der Waals surface area contributed by atoms with Gasteiger partial charge in [-0.3, -0.25) is 14.2 Å². The second kappa shape index (κ2) is 8.90. The predicted molar refractivity (Wildman–Crippen MR) is 133 cm³/mol. The van der Waals surface area contributed by atoms with E-state index in [0.29, 0.717) is 20.9 Å². The van der Waals surface area contributed by atoms with Crippen LogP contribution in [-0.2, 0) is 17.6 Å². The molecule has 0 saturated carbocycles. The number of aromatic nitrogens is 2. The lowest BCUT2D eigenvalue weighted by atomic mass is 10.2. The number of hydrogen-bond acceptors (Lipinski definition) is 5. The van der Waals surface area contributed by atoms with Gasteiger partial charge in [0.15, 0.2) is 5.16 Å². The maximum absolute atomic E-state index is 13.6. The van der Waals surface area contributed by atoms with Crippen LogP contribution in [0.1, 0.15) is 16.9 Å². The van der Waals surface area contributed by atoms with Crippen molar-refractivity contribution in [3.8, 4) is 5.69 Å². The normalized spacial score (nSPS) is 12.8. The molecule has 5 rings (SSSR count). The van der Waals surface area contributed by atoms with Crippen molar-refractivity contribution in [3.63, 3.8) is 0 Å². The SMILES string of the molecule is O=C(CSc1nc2sc3c(c2c(=O)n1-c1ccccc1)CCC3)Nc1ccc(Cl)c(Cl)c1. The van der Waals surface area contributed by atoms with Crippen LogP contribution in [0.2, 0.25) is 10.0 Å². The fourth-order valence-corrected chi connectivity index (χ4v) is 6.24. The Hall–Kier alpha value is -2.32. The number of amides is 1. The Kier molecular flexibility index (Phi) is 5.99. The number of carbonyl (C=O) groups is 1. The molecule has 162 valence electrons. The van der Waals surface area contributed by atoms with Crippen molar-refractivity contribution in [3.05, 3.63) is 79.4 Å². The molecule has 32 heavy (non-hydrogen) atoms. The molecule has 9 heteroatoms. The van der Waals surface area contributed by atoms with Crippen LogP contribution in [0.4, 0.5) is 5.69 Å². The van der Waals surface area contributed by atoms with Gasteiger partial charge in [0.1, 0.15) is 4.83 Å². The van der Waals surface area contributed by atoms with Gasteiger partial charge in [-0.05, 0) is 55.2 Å². The number of carbonyl (C=O) groups excluding carboxylic acids is 1. The van der Waals surface area contributed by atoms with Crippen LogP contribution < -0.4 is 10.9 Å². The summed E-state index contributed by atoms with van der Waals surface area (Å²) in [6.07, 6.45) is 2.99. The van der Waals surface area contributed by atoms with Crippen molar-refractivity contribution in [2.75, 3.05) is 11.1 Å². The molecule has 5 nitrogen and oxygen atoms in total. The molecular formula is C23H17Cl2N3O2S2. The van der Waals surface area contributed by atoms with E-state index in [4.69, 9.17) is 28.2 Å². The van der Waals surface area contributed by atoms with Gasteiger partial charge >= 0.3 is 0 Å². The van der Waals surface area contributed by atoms with Crippen LogP contribution in [0.3, 0.4) is 0 Å². The number of thioether (sulfide) groups is 1. The first-order valence-electron chi connectivity index (χ1n) is 10.0. The summed E-state index contributed by atoms with van der Waals surface area (Å²) in [5, 5.41) is 4.81. The Bertz CT molecular complexity index is 1400. The maximum Gasteiger partial charge on any atom is 0.267 e. The summed E-state index contributed by atoms with van der Waals surface area (Å²) in [5.74, 6) is -0.133. The lowest BCUT2D eigenvalue weighted by Crippen LogP contribution is -2.23. The average molecular weight is 502 g/mol. The number of halogens is 2. The maximum atomic E-state index is 13.6. The summed E-state index contributed by atoms with van der Waals surface area (Å²) < 4.78 is 1.62. The number of anilines is 1. The van der Waals surface area contributed by atoms with Crippen LogP contribution in [0.25, 0.3) is 15.9 Å². The predicted octanol–water partition coefficient (Wildman–Crippen LogP) is 5.97. The zero-order chi connectivity index (χ0) is 22.2. The number of para-hydroxylation sites is 1. The third-order valence-corrected chi connectivity index (χ3v) is 8.12. The molecule has 1 aliphatic rings. The van der Waals surface area contributed by atoms with Gasteiger partial charge in [0.25, 0.3) is 5.56 Å². The van der Waals surface area contributed by atoms with Crippen molar-refractivity contribution in [2.24, 2.45) is 0 Å². The molecule has 0 fully saturated rings. The van der Waals surface area contributed by atoms with Gasteiger partial charge in [-0.2, -0.15) is 0 Å². The topological polar surface area (TPSA) is 64.0 Å². The molecule has 0 atom stereocenters. The minimum atomic E-state index is -0.226. The molecule has 4 aromatic rings. The number of rotatable bonds is 5. The number of hydrogen-bond donors (Lipinski definition) is 1. The van der Waals surface area contributed by atoms with Crippen LogP contribution in [0.15, 0.2) is 58.5 Å². The Morgan fingerprint density at radius 1 is 1.12 bits per heavy atom. The summed E-state index contributed by atoms with van der Waals surface area (Å²) in [6.45, 7) is 0. The van der Waals surface area contributed by atoms with Gasteiger partial charge in [-0.25, -0.2) is 4.98 Å². The van der Waals surface area contributed by atoms with Crippen LogP contribution >= 0.6 is 46.3 Å². The molecule has 0 aliphatic heterocycles. The van der Waals surface area contributed by atoms with Gasteiger partial charge in [0, 0.05) is 10.6 Å². The third kappa shape index (κ3) is 4.06. The van der Waals surface area contributed by atoms with E-state index in [0.717, 1.165) is 40.7 Å². The second-order valence-corrected chi connectivity index (χ2v) is 10.2. The van der Waals surface area contributed by atoms with Gasteiger partial charge in [0.2, 0.25) is 5.91 Å². The van der Waals surface area contributed by atoms with E-state index < -0.39 is 0 Å². The van der Waals surface area contributed by atoms with Crippen molar-refractivity contribution in [2.45, 2.75) is 24.4 Å². The zero-order valence-electron chi connectivity index (χ0n) is 16.7. The molecule has 0 saturated heterocycles. The first-order chi connectivity index (χ1) is 15.5. The molecule has 0 radical (unpaired) electrons. The molecule has 1 N–H and O–H groups in total. The molecule has 2 aromatic carbocycles. The highest BCUT2D eigenvalue weighted by atomic mass is 35.5. The monoisotopic (exact) mass is 501 g/mol. The first kappa shape index (κ1) is 21.5. The summed E-state index contributed by atoms with van der Waals surface area (Å²) in [4.78, 5) is 32.9. The smallest absolute Gasteiger partial charge is 0.267 e. The fourth-order valence-electron chi connectivity index (χ4n) is 3.83. The van der Waals surface area contributed by atoms with Crippen LogP contribution in [-0.4, -0.2) is 21.2 Å². The molecule has 1 aliphatic carbocycles. The van der Waals surface area contributed by atoms with E-state index in [1.807, 2.05) is 30.3 Å². The van der Waals surface area contributed by atoms with E-state index in [-0.39, 0.29) is 17.2 Å². The van der Waals surface area contributed by atoms with Crippen molar-refractivity contribution < 1.29 is 4.79 Å². The molecular weight excluding hydrogens is 485 g/mol. The largest absolute Gasteiger partial charge is 0.325 e. The highest BCUT2D eigenvalue weighted by Gasteiger charge is 2.24. The van der Waals surface area contributed by atoms with Crippen LogP contribution in [0.5, 0.6) is 0 Å². The van der Waals surface area contributed by atoms with Gasteiger partial charge in [-0.1, -0.05) is 53.2 Å². The summed E-state index contributed by atoms with van der Waals surface area (Å²) in [6, 6.07) is 14.3. The van der Waals surface area contributed by atoms with Gasteiger partial charge < -0.3 is 5.32 Å². The van der Waals surface area contributed by atoms with E-state index >= 15 is 0 Å². The quantitative estimate of drug-likeness (QED) is 0.270. The molecule has 1 amide bonds. The Balaban J connectivity index is 1.48. The minimum Gasteiger partial charge on any atom is -0.325 e. The summed E-state index contributed by atoms with van der Waals surface area (Å²) >= 11 is 14.8. The zero-order valence-corrected chi connectivity index (χ0v) is 19.9. The molecule has 0 unspecified atom stereocenters. The Labute approximate surface area is 202 Å². The van der Waals surface area contributed by atoms with Crippen molar-refractivity contribution in [1.29, 1.82) is 0 Å². The average Bonchev–Trinajstić information content (AvgIpc) is 3.36. The van der Waals surface area contributed by atoms with E-state index in [1.54, 1.807) is 34.1 Å². The Morgan fingerprint density at radius 3 is 2.72 bits per heavy atom. The summed E-state index contributed by atoms with van der Waals surface area (Å²) in [7, 11) is 0. The second-order valence-electron chi connectivity index (χ2n) is 7.37. The van der Waals surface area contributed by atoms with Crippen molar-refractivity contribution >= 4 is 68.1 Å². The molecule has 2 aromatic heterocycles. The first-order valence-corrected chi connectivity index (χ1v) is 12.6. The number of benzene rings is 2. The van der Waals surface area contributed by atoms with Crippen molar-refractivity contribution in [1.82, 2.24) is 9.55 Å². The lowest BCUT2D eigenvalue weighted by Gasteiger charge is -2.12. The Morgan fingerprint density at radius 2 is 1.94 bits per heavy atom. The fraction of sp³-hybridized carbons (Fsp3) is 0.174. The molecule has 0 bridgehead atoms. The number of aryl methyl sites for hydroxylation is 2. The van der Waals surface area contributed by atoms with E-state index in [2.05, 4.69) is 5.32 Å². The standard InChI is InChI=1S/C23H17Cl2N3O2S2/c24-16-10-9-13(11-17(16)25)26-19(29)12-31-23-27-21-20(15-7-4-8-18(15)32-21)22(30)28(23)14-5-2-1-3-6-14/h1-3,5-6,9-11H,4,7-8,12H2,(H,26,29). The number of thiophene rings is 1. The number of nitrogens with one attached hydrogen (secondary N) is 1. The number of nitrogens with zero attached hydrogens (tertiary/aromatic N) is 2. The van der Waals surface area contributed by atoms with Gasteiger partial charge in [-0.15, -0.1) is 11.3 Å². The van der Waals surface area contributed by atoms with E-state index in [1.165, 1.54) is 16.6 Å². The highest BCUT2D eigenvalue weighted by Crippen LogP contribution is 2.36. The highest BCUT2D eigenvalue weighted by molar-refractivity contribution is 7.99. The van der Waals surface area contributed by atoms with Gasteiger partial charge in [0.05, 0.1) is 26.9 Å². The van der Waals surface area contributed by atoms with E-state index in [9.17, 15) is 9.59 Å². The molecule has 2 heterocycles. The lowest BCUT2D eigenvalue weighted by molar-refractivity contribution is -0.113. The van der Waals surface area contributed by atoms with Crippen LogP contribution in [0, 0.1) is 0 Å².